The Labute approximate surface area is 63.9 Å². The molecule has 2 heteroatoms. The summed E-state index contributed by atoms with van der Waals surface area (Å²) < 4.78 is 1.22. The van der Waals surface area contributed by atoms with Crippen molar-refractivity contribution in [2.24, 2.45) is 0 Å². The van der Waals surface area contributed by atoms with E-state index in [1.807, 2.05) is 6.08 Å². The van der Waals surface area contributed by atoms with E-state index >= 15 is 0 Å². The fourth-order valence-electron chi connectivity index (χ4n) is 0.380. The predicted octanol–water partition coefficient (Wildman–Crippen LogP) is 2.10. The molecule has 48 valence electrons. The minimum Gasteiger partial charge on any atom is -0.389 e. The van der Waals surface area contributed by atoms with Crippen LogP contribution in [0.25, 0.3) is 0 Å². The largest absolute Gasteiger partial charge is 0.389 e. The van der Waals surface area contributed by atoms with E-state index in [1.54, 1.807) is 6.92 Å². The van der Waals surface area contributed by atoms with Crippen molar-refractivity contribution in [2.75, 3.05) is 0 Å². The number of aliphatic hydroxyl groups is 1. The molecule has 0 aromatic heterocycles. The molecule has 1 nitrogen and oxygen atoms in total. The van der Waals surface area contributed by atoms with Gasteiger partial charge in [-0.2, -0.15) is 0 Å². The lowest BCUT2D eigenvalue weighted by Crippen LogP contribution is -1.92. The van der Waals surface area contributed by atoms with Gasteiger partial charge in [-0.1, -0.05) is 6.92 Å². The van der Waals surface area contributed by atoms with E-state index in [1.165, 1.54) is 3.58 Å². The fourth-order valence-corrected chi connectivity index (χ4v) is 0.900. The van der Waals surface area contributed by atoms with E-state index in [2.05, 4.69) is 29.5 Å². The zero-order chi connectivity index (χ0) is 6.57. The molecule has 0 bridgehead atoms. The van der Waals surface area contributed by atoms with Crippen LogP contribution >= 0.6 is 22.6 Å². The third-order valence-corrected chi connectivity index (χ3v) is 1.88. The van der Waals surface area contributed by atoms with Gasteiger partial charge in [0, 0.05) is 0 Å². The van der Waals surface area contributed by atoms with E-state index in [0.717, 1.165) is 6.42 Å². The van der Waals surface area contributed by atoms with Gasteiger partial charge in [0.25, 0.3) is 0 Å². The number of halogens is 1. The van der Waals surface area contributed by atoms with Crippen molar-refractivity contribution in [1.29, 1.82) is 0 Å². The molecule has 0 saturated carbocycles. The van der Waals surface area contributed by atoms with Gasteiger partial charge in [-0.25, -0.2) is 0 Å². The van der Waals surface area contributed by atoms with Crippen molar-refractivity contribution in [3.05, 3.63) is 9.66 Å². The van der Waals surface area contributed by atoms with Crippen LogP contribution in [0, 0.1) is 0 Å². The summed E-state index contributed by atoms with van der Waals surface area (Å²) in [7, 11) is 0. The quantitative estimate of drug-likeness (QED) is 0.715. The minimum atomic E-state index is -0.290. The average Bonchev–Trinajstić information content (AvgIpc) is 1.65. The summed E-state index contributed by atoms with van der Waals surface area (Å²) in [4.78, 5) is 0. The average molecular weight is 226 g/mol. The Morgan fingerprint density at radius 3 is 2.50 bits per heavy atom. The Kier molecular flexibility index (Phi) is 4.56. The van der Waals surface area contributed by atoms with Gasteiger partial charge in [-0.15, -0.1) is 0 Å². The lowest BCUT2D eigenvalue weighted by atomic mass is 10.3. The first-order valence-electron chi connectivity index (χ1n) is 2.71. The molecule has 0 aliphatic heterocycles. The molecular formula is C6H11IO. The molecule has 0 spiro atoms. The number of rotatable bonds is 2. The first-order valence-corrected chi connectivity index (χ1v) is 3.79. The molecule has 0 saturated heterocycles. The van der Waals surface area contributed by atoms with Crippen LogP contribution in [0.5, 0.6) is 0 Å². The highest BCUT2D eigenvalue weighted by Gasteiger charge is 1.89. The van der Waals surface area contributed by atoms with Crippen LogP contribution in [0.15, 0.2) is 9.66 Å². The predicted molar refractivity (Wildman–Crippen MR) is 44.1 cm³/mol. The second-order valence-corrected chi connectivity index (χ2v) is 3.09. The van der Waals surface area contributed by atoms with Crippen molar-refractivity contribution in [3.63, 3.8) is 0 Å². The third-order valence-electron chi connectivity index (χ3n) is 0.760. The molecule has 0 unspecified atom stereocenters. The first kappa shape index (κ1) is 8.43. The second kappa shape index (κ2) is 4.32. The highest BCUT2D eigenvalue weighted by molar-refractivity contribution is 14.1. The van der Waals surface area contributed by atoms with Gasteiger partial charge in [0.1, 0.15) is 0 Å². The minimum absolute atomic E-state index is 0.290. The highest BCUT2D eigenvalue weighted by Crippen LogP contribution is 2.10. The van der Waals surface area contributed by atoms with Crippen LogP contribution in [0.4, 0.5) is 0 Å². The van der Waals surface area contributed by atoms with Gasteiger partial charge >= 0.3 is 0 Å². The van der Waals surface area contributed by atoms with Crippen molar-refractivity contribution in [3.8, 4) is 0 Å². The summed E-state index contributed by atoms with van der Waals surface area (Å²) in [6.07, 6.45) is 2.58. The van der Waals surface area contributed by atoms with Crippen LogP contribution in [-0.2, 0) is 0 Å². The molecule has 8 heavy (non-hydrogen) atoms. The molecule has 0 radical (unpaired) electrons. The Morgan fingerprint density at radius 1 is 1.88 bits per heavy atom. The molecule has 0 rings (SSSR count). The molecule has 0 aliphatic rings. The number of allylic oxidation sites excluding steroid dienone is 1. The zero-order valence-electron chi connectivity index (χ0n) is 5.19. The molecule has 0 aromatic carbocycles. The van der Waals surface area contributed by atoms with Gasteiger partial charge in [0.05, 0.1) is 6.10 Å². The number of hydrogen-bond acceptors (Lipinski definition) is 1. The normalized spacial score (nSPS) is 16.2. The number of hydrogen-bond donors (Lipinski definition) is 1. The number of aliphatic hydroxyl groups excluding tert-OH is 1. The summed E-state index contributed by atoms with van der Waals surface area (Å²) >= 11 is 2.22. The summed E-state index contributed by atoms with van der Waals surface area (Å²) in [6, 6.07) is 0. The maximum atomic E-state index is 8.77. The lowest BCUT2D eigenvalue weighted by Gasteiger charge is -1.95. The standard InChI is InChI=1S/C6H11IO/c1-3-6(7)4-5(2)8/h4-5,8H,3H2,1-2H3/b6-4-/t5-/m0/s1. The molecule has 0 aromatic rings. The second-order valence-electron chi connectivity index (χ2n) is 1.71. The summed E-state index contributed by atoms with van der Waals surface area (Å²) in [5, 5.41) is 8.77. The smallest absolute Gasteiger partial charge is 0.0702 e. The van der Waals surface area contributed by atoms with Crippen LogP contribution < -0.4 is 0 Å². The van der Waals surface area contributed by atoms with Crippen LogP contribution in [-0.4, -0.2) is 11.2 Å². The van der Waals surface area contributed by atoms with Gasteiger partial charge in [-0.05, 0) is 45.6 Å². The Morgan fingerprint density at radius 2 is 2.38 bits per heavy atom. The van der Waals surface area contributed by atoms with Crippen molar-refractivity contribution < 1.29 is 5.11 Å². The molecule has 0 amide bonds. The Bertz CT molecular complexity index is 86.5. The van der Waals surface area contributed by atoms with Crippen molar-refractivity contribution in [2.45, 2.75) is 26.4 Å². The van der Waals surface area contributed by atoms with E-state index in [-0.39, 0.29) is 6.10 Å². The van der Waals surface area contributed by atoms with Crippen LogP contribution in [0.2, 0.25) is 0 Å². The Balaban J connectivity index is 3.56. The molecule has 0 heterocycles. The fraction of sp³-hybridized carbons (Fsp3) is 0.667. The topological polar surface area (TPSA) is 20.2 Å². The molecule has 1 N–H and O–H groups in total. The van der Waals surface area contributed by atoms with E-state index in [9.17, 15) is 0 Å². The monoisotopic (exact) mass is 226 g/mol. The van der Waals surface area contributed by atoms with Gasteiger partial charge in [-0.3, -0.25) is 0 Å². The maximum Gasteiger partial charge on any atom is 0.0702 e. The van der Waals surface area contributed by atoms with E-state index < -0.39 is 0 Å². The summed E-state index contributed by atoms with van der Waals surface area (Å²) in [6.45, 7) is 3.83. The van der Waals surface area contributed by atoms with Gasteiger partial charge in [0.2, 0.25) is 0 Å². The first-order chi connectivity index (χ1) is 3.66. The van der Waals surface area contributed by atoms with Gasteiger partial charge < -0.3 is 5.11 Å². The summed E-state index contributed by atoms with van der Waals surface area (Å²) in [5.41, 5.74) is 0. The van der Waals surface area contributed by atoms with Gasteiger partial charge in [0.15, 0.2) is 0 Å². The van der Waals surface area contributed by atoms with E-state index in [0.29, 0.717) is 0 Å². The van der Waals surface area contributed by atoms with Crippen LogP contribution in [0.3, 0.4) is 0 Å². The Hall–Kier alpha value is 0.430. The molecule has 0 fully saturated rings. The van der Waals surface area contributed by atoms with Crippen molar-refractivity contribution >= 4 is 22.6 Å². The summed E-state index contributed by atoms with van der Waals surface area (Å²) in [5.74, 6) is 0. The molecule has 0 aliphatic carbocycles. The zero-order valence-corrected chi connectivity index (χ0v) is 7.34. The molecular weight excluding hydrogens is 215 g/mol. The lowest BCUT2D eigenvalue weighted by molar-refractivity contribution is 0.243. The van der Waals surface area contributed by atoms with E-state index in [4.69, 9.17) is 5.11 Å². The highest BCUT2D eigenvalue weighted by atomic mass is 127. The third kappa shape index (κ3) is 4.59. The van der Waals surface area contributed by atoms with Crippen molar-refractivity contribution in [1.82, 2.24) is 0 Å². The maximum absolute atomic E-state index is 8.77. The molecule has 1 atom stereocenters. The van der Waals surface area contributed by atoms with Crippen LogP contribution in [0.1, 0.15) is 20.3 Å². The SMILES string of the molecule is CC/C(I)=C/[C@H](C)O.